The molecule has 0 spiro atoms. The van der Waals surface area contributed by atoms with Gasteiger partial charge in [-0.15, -0.1) is 0 Å². The Morgan fingerprint density at radius 2 is 2.35 bits per heavy atom. The number of hydrogen-bond acceptors (Lipinski definition) is 3. The quantitative estimate of drug-likeness (QED) is 0.339. The molecule has 0 atom stereocenters. The molecule has 0 aliphatic rings. The third-order valence-corrected chi connectivity index (χ3v) is 2.10. The van der Waals surface area contributed by atoms with Crippen molar-refractivity contribution in [1.82, 2.24) is 5.32 Å². The van der Waals surface area contributed by atoms with Crippen molar-refractivity contribution >= 4 is 5.91 Å². The highest BCUT2D eigenvalue weighted by Crippen LogP contribution is 2.10. The molecule has 0 aromatic heterocycles. The maximum atomic E-state index is 11.5. The summed E-state index contributed by atoms with van der Waals surface area (Å²) in [6, 6.07) is 6.58. The fourth-order valence-electron chi connectivity index (χ4n) is 1.34. The molecule has 1 rings (SSSR count). The molecule has 0 radical (unpaired) electrons. The van der Waals surface area contributed by atoms with Gasteiger partial charge < -0.3 is 10.4 Å². The molecule has 2 N–H and O–H groups in total. The van der Waals surface area contributed by atoms with Gasteiger partial charge in [0.1, 0.15) is 5.75 Å². The lowest BCUT2D eigenvalue weighted by molar-refractivity contribution is -0.120. The van der Waals surface area contributed by atoms with Crippen molar-refractivity contribution in [3.63, 3.8) is 0 Å². The minimum atomic E-state index is -0.114. The molecule has 0 aliphatic carbocycles. The van der Waals surface area contributed by atoms with E-state index in [9.17, 15) is 9.90 Å². The second-order valence-corrected chi connectivity index (χ2v) is 3.50. The normalized spacial score (nSPS) is 9.41. The van der Waals surface area contributed by atoms with E-state index in [0.29, 0.717) is 19.5 Å². The zero-order valence-corrected chi connectivity index (χ0v) is 9.33. The number of rotatable bonds is 6. The lowest BCUT2D eigenvalue weighted by atomic mass is 10.1. The van der Waals surface area contributed by atoms with Crippen LogP contribution < -0.4 is 5.32 Å². The molecule has 6 heteroatoms. The van der Waals surface area contributed by atoms with Crippen LogP contribution in [0.2, 0.25) is 0 Å². The zero-order valence-electron chi connectivity index (χ0n) is 9.33. The molecule has 0 aliphatic heterocycles. The van der Waals surface area contributed by atoms with E-state index in [2.05, 4.69) is 15.3 Å². The van der Waals surface area contributed by atoms with Gasteiger partial charge in [-0.3, -0.25) is 4.79 Å². The average Bonchev–Trinajstić information content (AvgIpc) is 2.29. The molecular weight excluding hydrogens is 220 g/mol. The Kier molecular flexibility index (Phi) is 5.40. The Labute approximate surface area is 98.9 Å². The van der Waals surface area contributed by atoms with Crippen LogP contribution in [0.5, 0.6) is 5.75 Å². The molecule has 0 unspecified atom stereocenters. The van der Waals surface area contributed by atoms with Crippen molar-refractivity contribution in [2.75, 3.05) is 13.1 Å². The van der Waals surface area contributed by atoms with Gasteiger partial charge in [-0.05, 0) is 29.6 Å². The number of nitrogens with one attached hydrogen (secondary N) is 1. The first kappa shape index (κ1) is 12.9. The van der Waals surface area contributed by atoms with Crippen LogP contribution in [-0.2, 0) is 11.2 Å². The molecular formula is C11H14N4O2. The van der Waals surface area contributed by atoms with Gasteiger partial charge in [0, 0.05) is 18.0 Å². The highest BCUT2D eigenvalue weighted by atomic mass is 16.3. The van der Waals surface area contributed by atoms with Gasteiger partial charge in [0.25, 0.3) is 0 Å². The summed E-state index contributed by atoms with van der Waals surface area (Å²) < 4.78 is 0. The molecule has 1 aromatic rings. The molecule has 1 amide bonds. The van der Waals surface area contributed by atoms with Crippen molar-refractivity contribution in [1.29, 1.82) is 0 Å². The number of azide groups is 1. The SMILES string of the molecule is [N-]=[N+]=NCCCNC(=O)Cc1cccc(O)c1. The van der Waals surface area contributed by atoms with Crippen molar-refractivity contribution in [3.05, 3.63) is 40.3 Å². The summed E-state index contributed by atoms with van der Waals surface area (Å²) in [5.41, 5.74) is 8.80. The molecule has 6 nitrogen and oxygen atoms in total. The lowest BCUT2D eigenvalue weighted by Crippen LogP contribution is -2.26. The van der Waals surface area contributed by atoms with Gasteiger partial charge in [-0.2, -0.15) is 0 Å². The van der Waals surface area contributed by atoms with E-state index >= 15 is 0 Å². The van der Waals surface area contributed by atoms with E-state index in [4.69, 9.17) is 5.53 Å². The van der Waals surface area contributed by atoms with Gasteiger partial charge in [0.05, 0.1) is 6.42 Å². The number of phenols is 1. The Balaban J connectivity index is 2.27. The molecule has 17 heavy (non-hydrogen) atoms. The van der Waals surface area contributed by atoms with Gasteiger partial charge >= 0.3 is 0 Å². The van der Waals surface area contributed by atoms with Crippen molar-refractivity contribution in [2.24, 2.45) is 5.11 Å². The van der Waals surface area contributed by atoms with Crippen LogP contribution in [0.3, 0.4) is 0 Å². The number of hydrogen-bond donors (Lipinski definition) is 2. The van der Waals surface area contributed by atoms with Crippen LogP contribution in [0, 0.1) is 0 Å². The monoisotopic (exact) mass is 234 g/mol. The number of aromatic hydroxyl groups is 1. The third kappa shape index (κ3) is 5.44. The highest BCUT2D eigenvalue weighted by molar-refractivity contribution is 5.78. The largest absolute Gasteiger partial charge is 0.508 e. The topological polar surface area (TPSA) is 98.1 Å². The van der Waals surface area contributed by atoms with E-state index < -0.39 is 0 Å². The van der Waals surface area contributed by atoms with E-state index in [1.54, 1.807) is 24.3 Å². The van der Waals surface area contributed by atoms with Crippen LogP contribution in [0.25, 0.3) is 10.4 Å². The first-order valence-corrected chi connectivity index (χ1v) is 5.28. The Hall–Kier alpha value is -2.20. The van der Waals surface area contributed by atoms with E-state index in [0.717, 1.165) is 5.56 Å². The maximum Gasteiger partial charge on any atom is 0.224 e. The molecule has 0 fully saturated rings. The summed E-state index contributed by atoms with van der Waals surface area (Å²) in [4.78, 5) is 14.1. The molecule has 90 valence electrons. The summed E-state index contributed by atoms with van der Waals surface area (Å²) in [6.07, 6.45) is 0.853. The van der Waals surface area contributed by atoms with Gasteiger partial charge in [0.2, 0.25) is 5.91 Å². The fourth-order valence-corrected chi connectivity index (χ4v) is 1.34. The van der Waals surface area contributed by atoms with Gasteiger partial charge in [-0.1, -0.05) is 17.2 Å². The van der Waals surface area contributed by atoms with Crippen LogP contribution in [0.15, 0.2) is 29.4 Å². The molecule has 1 aromatic carbocycles. The summed E-state index contributed by atoms with van der Waals surface area (Å²) >= 11 is 0. The Morgan fingerprint density at radius 1 is 1.53 bits per heavy atom. The summed E-state index contributed by atoms with van der Waals surface area (Å²) in [7, 11) is 0. The number of carbonyl (C=O) groups is 1. The summed E-state index contributed by atoms with van der Waals surface area (Å²) in [6.45, 7) is 0.861. The molecule has 0 bridgehead atoms. The summed E-state index contributed by atoms with van der Waals surface area (Å²) in [5, 5.41) is 15.3. The van der Waals surface area contributed by atoms with Crippen molar-refractivity contribution < 1.29 is 9.90 Å². The third-order valence-electron chi connectivity index (χ3n) is 2.10. The van der Waals surface area contributed by atoms with Crippen molar-refractivity contribution in [3.8, 4) is 5.75 Å². The van der Waals surface area contributed by atoms with Crippen LogP contribution in [-0.4, -0.2) is 24.1 Å². The smallest absolute Gasteiger partial charge is 0.224 e. The first-order valence-electron chi connectivity index (χ1n) is 5.28. The second-order valence-electron chi connectivity index (χ2n) is 3.50. The lowest BCUT2D eigenvalue weighted by Gasteiger charge is -2.04. The van der Waals surface area contributed by atoms with E-state index in [1.165, 1.54) is 0 Å². The second kappa shape index (κ2) is 7.14. The van der Waals surface area contributed by atoms with Crippen molar-refractivity contribution in [2.45, 2.75) is 12.8 Å². The number of amides is 1. The van der Waals surface area contributed by atoms with E-state index in [-0.39, 0.29) is 18.1 Å². The average molecular weight is 234 g/mol. The number of phenolic OH excluding ortho intramolecular Hbond substituents is 1. The first-order chi connectivity index (χ1) is 8.22. The predicted molar refractivity (Wildman–Crippen MR) is 63.5 cm³/mol. The molecule has 0 saturated carbocycles. The zero-order chi connectivity index (χ0) is 12.5. The van der Waals surface area contributed by atoms with Gasteiger partial charge in [0.15, 0.2) is 0 Å². The van der Waals surface area contributed by atoms with Crippen LogP contribution in [0.4, 0.5) is 0 Å². The Morgan fingerprint density at radius 3 is 3.06 bits per heavy atom. The van der Waals surface area contributed by atoms with Crippen LogP contribution in [0.1, 0.15) is 12.0 Å². The Bertz CT molecular complexity index is 427. The highest BCUT2D eigenvalue weighted by Gasteiger charge is 2.02. The number of nitrogens with zero attached hydrogens (tertiary/aromatic N) is 3. The number of carbonyl (C=O) groups excluding carboxylic acids is 1. The number of benzene rings is 1. The van der Waals surface area contributed by atoms with Gasteiger partial charge in [-0.25, -0.2) is 0 Å². The minimum absolute atomic E-state index is 0.114. The maximum absolute atomic E-state index is 11.5. The standard InChI is InChI=1S/C11H14N4O2/c12-15-14-6-2-5-13-11(17)8-9-3-1-4-10(16)7-9/h1,3-4,7,16H,2,5-6,8H2,(H,13,17). The molecule has 0 saturated heterocycles. The van der Waals surface area contributed by atoms with Crippen LogP contribution >= 0.6 is 0 Å². The fraction of sp³-hybridized carbons (Fsp3) is 0.364. The predicted octanol–water partition coefficient (Wildman–Crippen LogP) is 1.75. The molecule has 0 heterocycles. The van der Waals surface area contributed by atoms with E-state index in [1.807, 2.05) is 0 Å². The summed E-state index contributed by atoms with van der Waals surface area (Å²) in [5.74, 6) is 0.0372. The minimum Gasteiger partial charge on any atom is -0.508 e.